The van der Waals surface area contributed by atoms with Crippen LogP contribution in [0.5, 0.6) is 0 Å². The first-order chi connectivity index (χ1) is 14.9. The molecule has 148 valence electrons. The second-order valence-electron chi connectivity index (χ2n) is 7.18. The highest BCUT2D eigenvalue weighted by atomic mass is 32.1. The zero-order valence-electron chi connectivity index (χ0n) is 16.6. The lowest BCUT2D eigenvalue weighted by atomic mass is 10.0. The Kier molecular flexibility index (Phi) is 5.27. The van der Waals surface area contributed by atoms with E-state index in [1.165, 1.54) is 22.0 Å². The summed E-state index contributed by atoms with van der Waals surface area (Å²) in [5, 5.41) is 4.76. The zero-order chi connectivity index (χ0) is 20.2. The van der Waals surface area contributed by atoms with Crippen LogP contribution in [-0.4, -0.2) is 14.1 Å². The number of fused-ring (bicyclic) bond motifs is 1. The van der Waals surface area contributed by atoms with Gasteiger partial charge < -0.3 is 9.13 Å². The fourth-order valence-electron chi connectivity index (χ4n) is 3.74. The molecule has 0 saturated carbocycles. The fraction of sp³-hybridized carbons (Fsp3) is 0.120. The van der Waals surface area contributed by atoms with E-state index in [1.54, 1.807) is 11.3 Å². The monoisotopic (exact) mass is 410 g/mol. The number of para-hydroxylation sites is 1. The Bertz CT molecular complexity index is 1310. The predicted octanol–water partition coefficient (Wildman–Crippen LogP) is 5.89. The molecular formula is C25H22N4S. The van der Waals surface area contributed by atoms with Crippen molar-refractivity contribution in [3.8, 4) is 11.3 Å². The van der Waals surface area contributed by atoms with E-state index in [9.17, 15) is 0 Å². The van der Waals surface area contributed by atoms with Crippen LogP contribution in [0.1, 0.15) is 6.42 Å². The van der Waals surface area contributed by atoms with Gasteiger partial charge in [-0.25, -0.2) is 9.98 Å². The van der Waals surface area contributed by atoms with Crippen molar-refractivity contribution in [2.24, 2.45) is 4.99 Å². The summed E-state index contributed by atoms with van der Waals surface area (Å²) in [6, 6.07) is 25.3. The number of nitrogens with zero attached hydrogens (tertiary/aromatic N) is 4. The Balaban J connectivity index is 1.59. The van der Waals surface area contributed by atoms with Crippen LogP contribution in [0.2, 0.25) is 0 Å². The highest BCUT2D eigenvalue weighted by Crippen LogP contribution is 2.29. The molecular weight excluding hydrogens is 388 g/mol. The molecule has 2 aromatic heterocycles. The molecule has 0 amide bonds. The molecule has 0 N–H and O–H groups in total. The molecule has 0 atom stereocenters. The molecule has 2 heterocycles. The molecule has 5 heteroatoms. The first-order valence-electron chi connectivity index (χ1n) is 10.1. The molecule has 0 saturated heterocycles. The summed E-state index contributed by atoms with van der Waals surface area (Å²) in [4.78, 5) is 10.1. The van der Waals surface area contributed by atoms with E-state index in [4.69, 9.17) is 4.99 Å². The molecule has 0 aliphatic heterocycles. The van der Waals surface area contributed by atoms with Crippen molar-refractivity contribution in [1.29, 1.82) is 0 Å². The first-order valence-corrected chi connectivity index (χ1v) is 11.0. The highest BCUT2D eigenvalue weighted by Gasteiger charge is 2.11. The molecule has 5 aromatic rings. The Hall–Kier alpha value is -3.44. The Labute approximate surface area is 179 Å². The molecule has 5 rings (SSSR count). The molecule has 30 heavy (non-hydrogen) atoms. The molecule has 0 bridgehead atoms. The second kappa shape index (κ2) is 8.51. The highest BCUT2D eigenvalue weighted by molar-refractivity contribution is 7.07. The Morgan fingerprint density at radius 1 is 0.867 bits per heavy atom. The molecule has 0 aliphatic rings. The van der Waals surface area contributed by atoms with Gasteiger partial charge in [0, 0.05) is 36.4 Å². The van der Waals surface area contributed by atoms with Gasteiger partial charge in [-0.05, 0) is 29.3 Å². The van der Waals surface area contributed by atoms with Crippen molar-refractivity contribution in [1.82, 2.24) is 14.1 Å². The van der Waals surface area contributed by atoms with Gasteiger partial charge in [-0.2, -0.15) is 0 Å². The Morgan fingerprint density at radius 3 is 2.57 bits per heavy atom. The van der Waals surface area contributed by atoms with Gasteiger partial charge in [0.1, 0.15) is 0 Å². The lowest BCUT2D eigenvalue weighted by Gasteiger charge is -2.12. The van der Waals surface area contributed by atoms with Gasteiger partial charge in [0.05, 0.1) is 17.7 Å². The standard InChI is InChI=1S/C25H22N4S/c1-2-10-21(11-3-1)27-25-29(16-7-15-28-17-14-26-19-28)24(18-30-25)23-13-6-9-20-8-4-5-12-22(20)23/h1-6,8-14,17-19H,7,15-16H2. The van der Waals surface area contributed by atoms with Gasteiger partial charge in [-0.3, -0.25) is 0 Å². The molecule has 3 aromatic carbocycles. The number of aromatic nitrogens is 3. The van der Waals surface area contributed by atoms with Crippen molar-refractivity contribution in [2.45, 2.75) is 19.5 Å². The predicted molar refractivity (Wildman–Crippen MR) is 124 cm³/mol. The Morgan fingerprint density at radius 2 is 1.70 bits per heavy atom. The van der Waals surface area contributed by atoms with E-state index in [-0.39, 0.29) is 0 Å². The maximum atomic E-state index is 4.95. The maximum Gasteiger partial charge on any atom is 0.190 e. The van der Waals surface area contributed by atoms with Crippen molar-refractivity contribution < 1.29 is 0 Å². The largest absolute Gasteiger partial charge is 0.337 e. The number of hydrogen-bond donors (Lipinski definition) is 0. The molecule has 0 unspecified atom stereocenters. The fourth-order valence-corrected chi connectivity index (χ4v) is 4.69. The lowest BCUT2D eigenvalue weighted by molar-refractivity contribution is 0.559. The lowest BCUT2D eigenvalue weighted by Crippen LogP contribution is -2.17. The third kappa shape index (κ3) is 3.84. The van der Waals surface area contributed by atoms with Crippen LogP contribution >= 0.6 is 11.3 Å². The molecule has 0 spiro atoms. The summed E-state index contributed by atoms with van der Waals surface area (Å²) in [6.45, 7) is 1.83. The van der Waals surface area contributed by atoms with Crippen LogP contribution in [0.25, 0.3) is 22.0 Å². The number of hydrogen-bond acceptors (Lipinski definition) is 3. The number of benzene rings is 3. The third-order valence-electron chi connectivity index (χ3n) is 5.20. The van der Waals surface area contributed by atoms with E-state index >= 15 is 0 Å². The van der Waals surface area contributed by atoms with Gasteiger partial charge in [0.25, 0.3) is 0 Å². The minimum absolute atomic E-state index is 0.895. The average molecular weight is 411 g/mol. The number of aryl methyl sites for hydroxylation is 1. The van der Waals surface area contributed by atoms with E-state index in [2.05, 4.69) is 62.0 Å². The van der Waals surface area contributed by atoms with E-state index in [1.807, 2.05) is 49.1 Å². The smallest absolute Gasteiger partial charge is 0.190 e. The zero-order valence-corrected chi connectivity index (χ0v) is 17.4. The summed E-state index contributed by atoms with van der Waals surface area (Å²) in [7, 11) is 0. The molecule has 4 nitrogen and oxygen atoms in total. The molecule has 0 fully saturated rings. The third-order valence-corrected chi connectivity index (χ3v) is 6.07. The van der Waals surface area contributed by atoms with Gasteiger partial charge in [0.15, 0.2) is 4.80 Å². The minimum atomic E-state index is 0.895. The number of thiazole rings is 1. The SMILES string of the molecule is c1ccc(N=c2scc(-c3cccc4ccccc34)n2CCCn2ccnc2)cc1. The summed E-state index contributed by atoms with van der Waals surface area (Å²) >= 11 is 1.70. The van der Waals surface area contributed by atoms with Gasteiger partial charge >= 0.3 is 0 Å². The van der Waals surface area contributed by atoms with E-state index < -0.39 is 0 Å². The first kappa shape index (κ1) is 18.6. The quantitative estimate of drug-likeness (QED) is 0.344. The molecule has 0 aliphatic carbocycles. The van der Waals surface area contributed by atoms with Gasteiger partial charge in [-0.1, -0.05) is 60.7 Å². The normalized spacial score (nSPS) is 11.9. The van der Waals surface area contributed by atoms with E-state index in [0.29, 0.717) is 0 Å². The van der Waals surface area contributed by atoms with Crippen LogP contribution in [-0.2, 0) is 13.1 Å². The number of rotatable bonds is 6. The molecule has 0 radical (unpaired) electrons. The minimum Gasteiger partial charge on any atom is -0.337 e. The summed E-state index contributed by atoms with van der Waals surface area (Å²) in [5.41, 5.74) is 3.45. The van der Waals surface area contributed by atoms with Crippen molar-refractivity contribution in [3.05, 3.63) is 102 Å². The van der Waals surface area contributed by atoms with Crippen molar-refractivity contribution >= 4 is 27.8 Å². The second-order valence-corrected chi connectivity index (χ2v) is 8.02. The van der Waals surface area contributed by atoms with Gasteiger partial charge in [0.2, 0.25) is 0 Å². The summed E-state index contributed by atoms with van der Waals surface area (Å²) < 4.78 is 4.48. The number of imidazole rings is 1. The van der Waals surface area contributed by atoms with Crippen LogP contribution in [0.3, 0.4) is 0 Å². The average Bonchev–Trinajstić information content (AvgIpc) is 3.45. The van der Waals surface area contributed by atoms with Crippen molar-refractivity contribution in [2.75, 3.05) is 0 Å². The topological polar surface area (TPSA) is 35.1 Å². The summed E-state index contributed by atoms with van der Waals surface area (Å²) in [6.07, 6.45) is 6.72. The maximum absolute atomic E-state index is 4.95. The van der Waals surface area contributed by atoms with Crippen LogP contribution in [0.15, 0.2) is 102 Å². The van der Waals surface area contributed by atoms with Crippen LogP contribution < -0.4 is 4.80 Å². The van der Waals surface area contributed by atoms with Crippen LogP contribution in [0.4, 0.5) is 5.69 Å². The van der Waals surface area contributed by atoms with Gasteiger partial charge in [-0.15, -0.1) is 11.3 Å². The summed E-state index contributed by atoms with van der Waals surface area (Å²) in [5.74, 6) is 0. The van der Waals surface area contributed by atoms with E-state index in [0.717, 1.165) is 30.0 Å². The van der Waals surface area contributed by atoms with Crippen LogP contribution in [0, 0.1) is 0 Å². The van der Waals surface area contributed by atoms with Crippen molar-refractivity contribution in [3.63, 3.8) is 0 Å².